The highest BCUT2D eigenvalue weighted by Gasteiger charge is 2.28. The van der Waals surface area contributed by atoms with E-state index in [2.05, 4.69) is 317 Å². The zero-order chi connectivity index (χ0) is 62.1. The summed E-state index contributed by atoms with van der Waals surface area (Å²) in [6.07, 6.45) is 0. The van der Waals surface area contributed by atoms with E-state index >= 15 is 0 Å². The third kappa shape index (κ3) is 16.1. The van der Waals surface area contributed by atoms with Crippen molar-refractivity contribution in [3.8, 4) is 111 Å². The summed E-state index contributed by atoms with van der Waals surface area (Å²) in [4.78, 5) is 0. The minimum Gasteiger partial charge on any atom is -0.0683 e. The van der Waals surface area contributed by atoms with Crippen LogP contribution < -0.4 is 0 Å². The Morgan fingerprint density at radius 3 is 0.302 bits per heavy atom. The maximum Gasteiger partial charge on any atom is -0.00141 e. The number of rotatable bonds is 10. The average molecular weight is 1130 g/mol. The summed E-state index contributed by atoms with van der Waals surface area (Å²) in [6, 6.07) is 109. The maximum absolute atomic E-state index is 2.29. The van der Waals surface area contributed by atoms with E-state index in [1.54, 1.807) is 0 Å². The SMILES string of the molecule is CC.CC.CC.CC.CC.CC.Cc1c(-c2ccccc2)c(-c2ccccc2)c(-c2ccccc2)c(-c2ccccc2)c1-c1ccccc1.Cc1c(-c2ccccc2)c(-c2ccccc2)c(-c2ccccc2)c(-c2ccccc2)c1-c1ccccc1. The van der Waals surface area contributed by atoms with Crippen molar-refractivity contribution in [1.82, 2.24) is 0 Å². The molecule has 86 heavy (non-hydrogen) atoms. The lowest BCUT2D eigenvalue weighted by Crippen LogP contribution is -2.01. The van der Waals surface area contributed by atoms with Gasteiger partial charge < -0.3 is 0 Å². The Morgan fingerprint density at radius 2 is 0.198 bits per heavy atom. The fraction of sp³-hybridized carbons (Fsp3) is 0.163. The lowest BCUT2D eigenvalue weighted by molar-refractivity contribution is 1.43. The highest BCUT2D eigenvalue weighted by molar-refractivity contribution is 6.11. The van der Waals surface area contributed by atoms with E-state index in [0.29, 0.717) is 0 Å². The first-order valence-corrected chi connectivity index (χ1v) is 31.6. The Balaban J connectivity index is 0.000000268. The number of benzene rings is 12. The van der Waals surface area contributed by atoms with Gasteiger partial charge in [0.1, 0.15) is 0 Å². The van der Waals surface area contributed by atoms with E-state index in [0.717, 1.165) is 0 Å². The van der Waals surface area contributed by atoms with Crippen molar-refractivity contribution >= 4 is 0 Å². The van der Waals surface area contributed by atoms with Crippen molar-refractivity contribution < 1.29 is 0 Å². The van der Waals surface area contributed by atoms with Gasteiger partial charge in [0, 0.05) is 0 Å². The molecule has 0 amide bonds. The van der Waals surface area contributed by atoms with Crippen LogP contribution in [0.5, 0.6) is 0 Å². The molecule has 0 heteroatoms. The highest BCUT2D eigenvalue weighted by atomic mass is 14.3. The van der Waals surface area contributed by atoms with Gasteiger partial charge in [-0.15, -0.1) is 0 Å². The summed E-state index contributed by atoms with van der Waals surface area (Å²) in [6.45, 7) is 28.6. The van der Waals surface area contributed by atoms with Gasteiger partial charge >= 0.3 is 0 Å². The largest absolute Gasteiger partial charge is 0.0683 e. The van der Waals surface area contributed by atoms with Crippen LogP contribution in [0, 0.1) is 13.8 Å². The van der Waals surface area contributed by atoms with E-state index in [-0.39, 0.29) is 0 Å². The molecule has 0 aliphatic carbocycles. The van der Waals surface area contributed by atoms with Gasteiger partial charge in [0.05, 0.1) is 0 Å². The predicted octanol–water partition coefficient (Wildman–Crippen LogP) is 26.8. The molecule has 12 aromatic carbocycles. The van der Waals surface area contributed by atoms with Gasteiger partial charge in [-0.1, -0.05) is 386 Å². The van der Waals surface area contributed by atoms with Crippen LogP contribution in [0.3, 0.4) is 0 Å². The predicted molar refractivity (Wildman–Crippen MR) is 385 cm³/mol. The fourth-order valence-electron chi connectivity index (χ4n) is 11.0. The molecule has 436 valence electrons. The molecule has 0 N–H and O–H groups in total. The Hall–Kier alpha value is -9.36. The van der Waals surface area contributed by atoms with Crippen LogP contribution >= 0.6 is 0 Å². The third-order valence-corrected chi connectivity index (χ3v) is 14.1. The molecule has 0 saturated heterocycles. The summed E-state index contributed by atoms with van der Waals surface area (Å²) in [7, 11) is 0. The van der Waals surface area contributed by atoms with Crippen LogP contribution in [0.25, 0.3) is 111 Å². The molecule has 0 spiro atoms. The van der Waals surface area contributed by atoms with Gasteiger partial charge in [0.25, 0.3) is 0 Å². The molecule has 0 atom stereocenters. The zero-order valence-electron chi connectivity index (χ0n) is 53.9. The molecule has 0 heterocycles. The first kappa shape index (κ1) is 67.4. The van der Waals surface area contributed by atoms with E-state index in [4.69, 9.17) is 0 Å². The van der Waals surface area contributed by atoms with E-state index in [1.807, 2.05) is 83.1 Å². The Bertz CT molecular complexity index is 3280. The lowest BCUT2D eigenvalue weighted by Gasteiger charge is -2.27. The van der Waals surface area contributed by atoms with Gasteiger partial charge in [-0.25, -0.2) is 0 Å². The van der Waals surface area contributed by atoms with E-state index < -0.39 is 0 Å². The van der Waals surface area contributed by atoms with Gasteiger partial charge in [0.2, 0.25) is 0 Å². The second-order valence-electron chi connectivity index (χ2n) is 18.7. The van der Waals surface area contributed by atoms with Gasteiger partial charge in [0.15, 0.2) is 0 Å². The smallest absolute Gasteiger partial charge is 0.00141 e. The molecule has 0 aromatic heterocycles. The van der Waals surface area contributed by atoms with Gasteiger partial charge in [-0.2, -0.15) is 0 Å². The summed E-state index contributed by atoms with van der Waals surface area (Å²) in [5.74, 6) is 0. The Kier molecular flexibility index (Phi) is 29.1. The molecule has 0 nitrogen and oxygen atoms in total. The van der Waals surface area contributed by atoms with Gasteiger partial charge in [-0.05, 0) is 136 Å². The number of hydrogen-bond donors (Lipinski definition) is 0. The molecule has 12 aromatic rings. The standard InChI is InChI=1S/2C37H28.6C2H6/c2*1-27-33(28-17-7-2-8-18-28)35(30-21-11-4-12-22-30)37(32-25-15-6-16-26-32)36(31-23-13-5-14-24-31)34(27)29-19-9-3-10-20-29;6*1-2/h2*2-26H,1H3;6*1-2H3. The number of hydrogen-bond acceptors (Lipinski definition) is 0. The Morgan fingerprint density at radius 1 is 0.116 bits per heavy atom. The molecule has 0 aliphatic rings. The average Bonchev–Trinajstić information content (AvgIpc) is 2.30. The van der Waals surface area contributed by atoms with E-state index in [9.17, 15) is 0 Å². The van der Waals surface area contributed by atoms with Crippen molar-refractivity contribution in [2.75, 3.05) is 0 Å². The molecule has 12 rings (SSSR count). The molecule has 0 unspecified atom stereocenters. The Labute approximate surface area is 519 Å². The topological polar surface area (TPSA) is 0 Å². The summed E-state index contributed by atoms with van der Waals surface area (Å²) in [5.41, 5.74) is 27.6. The first-order valence-electron chi connectivity index (χ1n) is 31.6. The van der Waals surface area contributed by atoms with Crippen molar-refractivity contribution in [3.05, 3.63) is 314 Å². The first-order chi connectivity index (χ1) is 42.7. The quantitative estimate of drug-likeness (QED) is 0.128. The van der Waals surface area contributed by atoms with Crippen LogP contribution in [0.2, 0.25) is 0 Å². The van der Waals surface area contributed by atoms with Crippen molar-refractivity contribution in [1.29, 1.82) is 0 Å². The molecular weight excluding hydrogens is 1030 g/mol. The summed E-state index contributed by atoms with van der Waals surface area (Å²) >= 11 is 0. The van der Waals surface area contributed by atoms with Crippen molar-refractivity contribution in [3.63, 3.8) is 0 Å². The minimum absolute atomic E-state index is 1.22. The molecular formula is C86H92. The molecule has 0 bridgehead atoms. The normalized spacial score (nSPS) is 9.74. The van der Waals surface area contributed by atoms with Crippen LogP contribution in [-0.4, -0.2) is 0 Å². The molecule has 0 radical (unpaired) electrons. The van der Waals surface area contributed by atoms with Crippen LogP contribution in [0.1, 0.15) is 94.2 Å². The molecule has 0 fully saturated rings. The van der Waals surface area contributed by atoms with Crippen LogP contribution in [-0.2, 0) is 0 Å². The van der Waals surface area contributed by atoms with Crippen LogP contribution in [0.4, 0.5) is 0 Å². The minimum atomic E-state index is 1.22. The van der Waals surface area contributed by atoms with Crippen molar-refractivity contribution in [2.24, 2.45) is 0 Å². The fourth-order valence-corrected chi connectivity index (χ4v) is 11.0. The molecule has 0 saturated carbocycles. The van der Waals surface area contributed by atoms with Gasteiger partial charge in [-0.3, -0.25) is 0 Å². The maximum atomic E-state index is 2.29. The van der Waals surface area contributed by atoms with Crippen LogP contribution in [0.15, 0.2) is 303 Å². The summed E-state index contributed by atoms with van der Waals surface area (Å²) in [5, 5.41) is 0. The highest BCUT2D eigenvalue weighted by Crippen LogP contribution is 2.54. The summed E-state index contributed by atoms with van der Waals surface area (Å²) < 4.78 is 0. The van der Waals surface area contributed by atoms with Crippen molar-refractivity contribution in [2.45, 2.75) is 96.9 Å². The van der Waals surface area contributed by atoms with E-state index in [1.165, 1.54) is 122 Å². The molecule has 0 aliphatic heterocycles. The monoisotopic (exact) mass is 1120 g/mol. The third-order valence-electron chi connectivity index (χ3n) is 14.1. The lowest BCUT2D eigenvalue weighted by atomic mass is 9.76. The second-order valence-corrected chi connectivity index (χ2v) is 18.7. The second kappa shape index (κ2) is 37.1. The zero-order valence-corrected chi connectivity index (χ0v) is 53.9.